The fourth-order valence-corrected chi connectivity index (χ4v) is 5.82. The van der Waals surface area contributed by atoms with Gasteiger partial charge in [-0.1, -0.05) is 91.0 Å². The molecule has 0 aliphatic rings. The van der Waals surface area contributed by atoms with Crippen molar-refractivity contribution < 1.29 is 0 Å². The van der Waals surface area contributed by atoms with Gasteiger partial charge < -0.3 is 4.57 Å². The summed E-state index contributed by atoms with van der Waals surface area (Å²) in [5.41, 5.74) is 12.6. The molecule has 8 aromatic rings. The number of rotatable bonds is 5. The van der Waals surface area contributed by atoms with E-state index in [9.17, 15) is 0 Å². The summed E-state index contributed by atoms with van der Waals surface area (Å²) in [5.74, 6) is 0. The van der Waals surface area contributed by atoms with Crippen LogP contribution in [0.5, 0.6) is 0 Å². The van der Waals surface area contributed by atoms with Crippen LogP contribution in [-0.2, 0) is 0 Å². The number of para-hydroxylation sites is 1. The standard InChI is InChI=1S/C39H26N4/c1-2-9-27(10-3-1)28-15-17-30(18-16-28)35-25-31(26-36(42-35)34-12-6-7-23-40-34)29-19-21-32(22-20-29)43-37-13-5-4-11-33(37)39-38(43)14-8-24-41-39/h1-26H. The highest BCUT2D eigenvalue weighted by molar-refractivity contribution is 6.06. The molecule has 4 aromatic carbocycles. The minimum absolute atomic E-state index is 0.845. The van der Waals surface area contributed by atoms with Crippen molar-refractivity contribution in [2.24, 2.45) is 0 Å². The summed E-state index contributed by atoms with van der Waals surface area (Å²) in [6, 6.07) is 50.6. The molecular weight excluding hydrogens is 524 g/mol. The predicted octanol–water partition coefficient (Wildman–Crippen LogP) is 9.64. The van der Waals surface area contributed by atoms with Crippen LogP contribution >= 0.6 is 0 Å². The molecule has 0 saturated carbocycles. The summed E-state index contributed by atoms with van der Waals surface area (Å²) < 4.78 is 2.28. The van der Waals surface area contributed by atoms with Gasteiger partial charge >= 0.3 is 0 Å². The Morgan fingerprint density at radius 3 is 1.84 bits per heavy atom. The SMILES string of the molecule is c1ccc(-c2ccc(-c3cc(-c4ccc(-n5c6ccccc6c6ncccc65)cc4)cc(-c4ccccn4)n3)cc2)cc1. The van der Waals surface area contributed by atoms with E-state index in [1.54, 1.807) is 0 Å². The van der Waals surface area contributed by atoms with Crippen LogP contribution in [0.25, 0.3) is 72.5 Å². The first kappa shape index (κ1) is 24.9. The second-order valence-corrected chi connectivity index (χ2v) is 10.6. The Bertz CT molecular complexity index is 2150. The van der Waals surface area contributed by atoms with Crippen molar-refractivity contribution >= 4 is 21.9 Å². The Kier molecular flexibility index (Phi) is 6.08. The van der Waals surface area contributed by atoms with Crippen molar-refractivity contribution in [3.63, 3.8) is 0 Å². The van der Waals surface area contributed by atoms with Gasteiger partial charge in [-0.2, -0.15) is 0 Å². The first-order chi connectivity index (χ1) is 21.3. The number of pyridine rings is 3. The van der Waals surface area contributed by atoms with E-state index < -0.39 is 0 Å². The third kappa shape index (κ3) is 4.55. The Hall–Kier alpha value is -5.87. The van der Waals surface area contributed by atoms with Crippen LogP contribution in [0.3, 0.4) is 0 Å². The second-order valence-electron chi connectivity index (χ2n) is 10.6. The van der Waals surface area contributed by atoms with Crippen LogP contribution in [-0.4, -0.2) is 19.5 Å². The van der Waals surface area contributed by atoms with Crippen LogP contribution < -0.4 is 0 Å². The summed E-state index contributed by atoms with van der Waals surface area (Å²) in [5, 5.41) is 1.15. The van der Waals surface area contributed by atoms with Crippen molar-refractivity contribution in [3.05, 3.63) is 158 Å². The Labute approximate surface area is 249 Å². The topological polar surface area (TPSA) is 43.6 Å². The predicted molar refractivity (Wildman–Crippen MR) is 176 cm³/mol. The van der Waals surface area contributed by atoms with Crippen molar-refractivity contribution in [1.29, 1.82) is 0 Å². The Morgan fingerprint density at radius 2 is 1.02 bits per heavy atom. The highest BCUT2D eigenvalue weighted by atomic mass is 15.0. The van der Waals surface area contributed by atoms with E-state index in [0.29, 0.717) is 0 Å². The zero-order valence-corrected chi connectivity index (χ0v) is 23.3. The van der Waals surface area contributed by atoms with E-state index in [0.717, 1.165) is 61.4 Å². The van der Waals surface area contributed by atoms with Gasteiger partial charge in [-0.15, -0.1) is 0 Å². The molecule has 0 atom stereocenters. The monoisotopic (exact) mass is 550 g/mol. The van der Waals surface area contributed by atoms with Gasteiger partial charge in [0, 0.05) is 29.0 Å². The maximum absolute atomic E-state index is 5.05. The molecule has 0 fully saturated rings. The fourth-order valence-electron chi connectivity index (χ4n) is 5.82. The molecule has 0 unspecified atom stereocenters. The zero-order valence-electron chi connectivity index (χ0n) is 23.3. The molecule has 0 amide bonds. The average molecular weight is 551 g/mol. The minimum Gasteiger partial charge on any atom is -0.308 e. The molecule has 43 heavy (non-hydrogen) atoms. The average Bonchev–Trinajstić information content (AvgIpc) is 3.43. The van der Waals surface area contributed by atoms with Gasteiger partial charge in [0.15, 0.2) is 0 Å². The third-order valence-corrected chi connectivity index (χ3v) is 7.93. The maximum Gasteiger partial charge on any atom is 0.0963 e. The molecule has 0 radical (unpaired) electrons. The van der Waals surface area contributed by atoms with Crippen molar-refractivity contribution in [2.45, 2.75) is 0 Å². The molecule has 4 heteroatoms. The van der Waals surface area contributed by atoms with Gasteiger partial charge in [0.2, 0.25) is 0 Å². The van der Waals surface area contributed by atoms with Gasteiger partial charge in [0.05, 0.1) is 33.6 Å². The van der Waals surface area contributed by atoms with Gasteiger partial charge in [0.1, 0.15) is 0 Å². The summed E-state index contributed by atoms with van der Waals surface area (Å²) >= 11 is 0. The van der Waals surface area contributed by atoms with Crippen LogP contribution in [0.2, 0.25) is 0 Å². The molecular formula is C39H26N4. The van der Waals surface area contributed by atoms with E-state index in [-0.39, 0.29) is 0 Å². The number of hydrogen-bond donors (Lipinski definition) is 0. The van der Waals surface area contributed by atoms with Gasteiger partial charge in [0.25, 0.3) is 0 Å². The van der Waals surface area contributed by atoms with Crippen LogP contribution in [0.1, 0.15) is 0 Å². The Balaban J connectivity index is 1.22. The number of aromatic nitrogens is 4. The quantitative estimate of drug-likeness (QED) is 0.214. The molecule has 0 bridgehead atoms. The molecule has 0 N–H and O–H groups in total. The van der Waals surface area contributed by atoms with Crippen LogP contribution in [0.4, 0.5) is 0 Å². The molecule has 202 valence electrons. The van der Waals surface area contributed by atoms with E-state index >= 15 is 0 Å². The minimum atomic E-state index is 0.845. The first-order valence-corrected chi connectivity index (χ1v) is 14.4. The van der Waals surface area contributed by atoms with Gasteiger partial charge in [-0.25, -0.2) is 4.98 Å². The molecule has 0 spiro atoms. The molecule has 4 nitrogen and oxygen atoms in total. The lowest BCUT2D eigenvalue weighted by molar-refractivity contribution is 1.17. The lowest BCUT2D eigenvalue weighted by atomic mass is 9.99. The number of hydrogen-bond acceptors (Lipinski definition) is 3. The summed E-state index contributed by atoms with van der Waals surface area (Å²) in [7, 11) is 0. The molecule has 0 saturated heterocycles. The molecule has 4 heterocycles. The Morgan fingerprint density at radius 1 is 0.395 bits per heavy atom. The maximum atomic E-state index is 5.05. The fraction of sp³-hybridized carbons (Fsp3) is 0. The highest BCUT2D eigenvalue weighted by Gasteiger charge is 2.14. The zero-order chi connectivity index (χ0) is 28.6. The van der Waals surface area contributed by atoms with Gasteiger partial charge in [-0.3, -0.25) is 9.97 Å². The second kappa shape index (κ2) is 10.5. The van der Waals surface area contributed by atoms with Crippen molar-refractivity contribution in [3.8, 4) is 50.6 Å². The lowest BCUT2D eigenvalue weighted by Gasteiger charge is -2.12. The summed E-state index contributed by atoms with van der Waals surface area (Å²) in [4.78, 5) is 14.3. The number of fused-ring (bicyclic) bond motifs is 3. The summed E-state index contributed by atoms with van der Waals surface area (Å²) in [6.07, 6.45) is 3.67. The first-order valence-electron chi connectivity index (χ1n) is 14.4. The lowest BCUT2D eigenvalue weighted by Crippen LogP contribution is -1.95. The van der Waals surface area contributed by atoms with Crippen molar-refractivity contribution in [2.75, 3.05) is 0 Å². The van der Waals surface area contributed by atoms with E-state index in [1.807, 2.05) is 42.7 Å². The third-order valence-electron chi connectivity index (χ3n) is 7.93. The van der Waals surface area contributed by atoms with E-state index in [4.69, 9.17) is 4.98 Å². The smallest absolute Gasteiger partial charge is 0.0963 e. The van der Waals surface area contributed by atoms with Crippen molar-refractivity contribution in [1.82, 2.24) is 19.5 Å². The highest BCUT2D eigenvalue weighted by Crippen LogP contribution is 2.34. The molecule has 4 aromatic heterocycles. The number of benzene rings is 4. The largest absolute Gasteiger partial charge is 0.308 e. The molecule has 8 rings (SSSR count). The normalized spacial score (nSPS) is 11.3. The molecule has 0 aliphatic carbocycles. The van der Waals surface area contributed by atoms with Crippen LogP contribution in [0, 0.1) is 0 Å². The van der Waals surface area contributed by atoms with Crippen LogP contribution in [0.15, 0.2) is 158 Å². The van der Waals surface area contributed by atoms with E-state index in [2.05, 4.69) is 130 Å². The summed E-state index contributed by atoms with van der Waals surface area (Å²) in [6.45, 7) is 0. The van der Waals surface area contributed by atoms with E-state index in [1.165, 1.54) is 11.1 Å². The van der Waals surface area contributed by atoms with Gasteiger partial charge in [-0.05, 0) is 76.9 Å². The number of nitrogens with zero attached hydrogens (tertiary/aromatic N) is 4. The molecule has 0 aliphatic heterocycles.